The van der Waals surface area contributed by atoms with Gasteiger partial charge in [0.25, 0.3) is 5.91 Å². The standard InChI is InChI=1S/C28H26F2N8O3S/c1-35(27-32-22(21(9-31)42-27)15-2-4-16(29)5-3-15)25-18-8-19(23(30)33-24(18)34-38(25)17-6-7-17)36-11-28(12-36)13-37(14-28)26(41)20(40)10-39/h2-5,8,17,20,39-40H,6-7,10-14H2,1H3. The number of amides is 1. The van der Waals surface area contributed by atoms with Gasteiger partial charge in [-0.1, -0.05) is 11.3 Å². The molecule has 216 valence electrons. The van der Waals surface area contributed by atoms with E-state index in [0.29, 0.717) is 64.3 Å². The first-order valence-electron chi connectivity index (χ1n) is 13.5. The molecule has 1 unspecified atom stereocenters. The summed E-state index contributed by atoms with van der Waals surface area (Å²) in [4.78, 5) is 26.7. The quantitative estimate of drug-likeness (QED) is 0.311. The molecule has 1 aliphatic carbocycles. The summed E-state index contributed by atoms with van der Waals surface area (Å²) >= 11 is 1.21. The first kappa shape index (κ1) is 26.7. The number of hydrogen-bond acceptors (Lipinski definition) is 10. The van der Waals surface area contributed by atoms with Crippen LogP contribution in [0, 0.1) is 28.5 Å². The number of rotatable bonds is 7. The Balaban J connectivity index is 1.20. The number of benzene rings is 1. The highest BCUT2D eigenvalue weighted by atomic mass is 32.1. The van der Waals surface area contributed by atoms with Crippen molar-refractivity contribution in [2.75, 3.05) is 49.6 Å². The van der Waals surface area contributed by atoms with Gasteiger partial charge in [0.2, 0.25) is 5.95 Å². The first-order valence-corrected chi connectivity index (χ1v) is 14.3. The summed E-state index contributed by atoms with van der Waals surface area (Å²) in [7, 11) is 1.83. The highest BCUT2D eigenvalue weighted by Gasteiger charge is 2.54. The van der Waals surface area contributed by atoms with Crippen LogP contribution >= 0.6 is 11.3 Å². The number of carbonyl (C=O) groups excluding carboxylic acids is 1. The zero-order chi connectivity index (χ0) is 29.3. The molecule has 3 aromatic heterocycles. The van der Waals surface area contributed by atoms with Gasteiger partial charge >= 0.3 is 0 Å². The van der Waals surface area contributed by atoms with Crippen molar-refractivity contribution in [2.24, 2.45) is 5.41 Å². The molecule has 2 N–H and O–H groups in total. The average molecular weight is 593 g/mol. The van der Waals surface area contributed by atoms with Gasteiger partial charge in [-0.25, -0.2) is 14.1 Å². The number of halogens is 2. The Hall–Kier alpha value is -4.19. The molecule has 0 bridgehead atoms. The molecule has 42 heavy (non-hydrogen) atoms. The number of nitrogens with zero attached hydrogens (tertiary/aromatic N) is 8. The maximum atomic E-state index is 15.3. The summed E-state index contributed by atoms with van der Waals surface area (Å²) in [6, 6.07) is 9.92. The van der Waals surface area contributed by atoms with Gasteiger partial charge in [-0.3, -0.25) is 4.79 Å². The third-order valence-corrected chi connectivity index (χ3v) is 9.18. The lowest BCUT2D eigenvalue weighted by atomic mass is 9.72. The minimum absolute atomic E-state index is 0.148. The molecule has 1 spiro atoms. The van der Waals surface area contributed by atoms with E-state index in [9.17, 15) is 19.6 Å². The molecule has 4 aromatic rings. The van der Waals surface area contributed by atoms with E-state index in [2.05, 4.69) is 16.2 Å². The summed E-state index contributed by atoms with van der Waals surface area (Å²) in [5.41, 5.74) is 1.51. The van der Waals surface area contributed by atoms with Crippen LogP contribution in [-0.2, 0) is 4.79 Å². The Morgan fingerprint density at radius 1 is 1.21 bits per heavy atom. The van der Waals surface area contributed by atoms with Crippen molar-refractivity contribution in [1.82, 2.24) is 24.6 Å². The summed E-state index contributed by atoms with van der Waals surface area (Å²) in [5, 5.41) is 34.3. The second-order valence-electron chi connectivity index (χ2n) is 11.3. The first-order chi connectivity index (χ1) is 20.2. The maximum absolute atomic E-state index is 15.3. The number of aliphatic hydroxyl groups excluding tert-OH is 2. The summed E-state index contributed by atoms with van der Waals surface area (Å²) in [6.45, 7) is 1.30. The van der Waals surface area contributed by atoms with Gasteiger partial charge < -0.3 is 24.9 Å². The fourth-order valence-electron chi connectivity index (χ4n) is 5.88. The second-order valence-corrected chi connectivity index (χ2v) is 12.2. The molecular formula is C28H26F2N8O3S. The molecule has 0 radical (unpaired) electrons. The van der Waals surface area contributed by atoms with E-state index in [0.717, 1.165) is 12.8 Å². The van der Waals surface area contributed by atoms with Crippen LogP contribution in [0.2, 0.25) is 0 Å². The number of thiazole rings is 1. The van der Waals surface area contributed by atoms with E-state index in [1.165, 1.54) is 28.4 Å². The SMILES string of the molecule is CN(c1nc(-c2ccc(F)cc2)c(C#N)s1)c1c2cc(N3CC4(CN(C(=O)C(O)CO)C4)C3)c(F)nc2nn1C1CC1. The highest BCUT2D eigenvalue weighted by Crippen LogP contribution is 2.46. The maximum Gasteiger partial charge on any atom is 0.253 e. The zero-order valence-corrected chi connectivity index (χ0v) is 23.4. The van der Waals surface area contributed by atoms with E-state index in [1.54, 1.807) is 18.2 Å². The van der Waals surface area contributed by atoms with Crippen LogP contribution in [-0.4, -0.2) is 86.7 Å². The highest BCUT2D eigenvalue weighted by molar-refractivity contribution is 7.16. The van der Waals surface area contributed by atoms with Crippen LogP contribution in [0.25, 0.3) is 22.3 Å². The molecule has 5 heterocycles. The molecule has 3 fully saturated rings. The molecule has 2 aliphatic heterocycles. The summed E-state index contributed by atoms with van der Waals surface area (Å²) < 4.78 is 30.7. The average Bonchev–Trinajstić information content (AvgIpc) is 3.59. The molecule has 14 heteroatoms. The predicted octanol–water partition coefficient (Wildman–Crippen LogP) is 2.81. The van der Waals surface area contributed by atoms with Crippen LogP contribution in [0.3, 0.4) is 0 Å². The normalized spacial score (nSPS) is 18.1. The fourth-order valence-corrected chi connectivity index (χ4v) is 6.73. The van der Waals surface area contributed by atoms with Crippen molar-refractivity contribution in [3.63, 3.8) is 0 Å². The third-order valence-electron chi connectivity index (χ3n) is 8.15. The van der Waals surface area contributed by atoms with E-state index >= 15 is 4.39 Å². The number of aliphatic hydroxyl groups is 2. The van der Waals surface area contributed by atoms with Gasteiger partial charge in [0.1, 0.15) is 28.3 Å². The number of aromatic nitrogens is 4. The molecule has 2 saturated heterocycles. The Morgan fingerprint density at radius 3 is 2.57 bits per heavy atom. The van der Waals surface area contributed by atoms with Gasteiger partial charge in [0, 0.05) is 44.2 Å². The lowest BCUT2D eigenvalue weighted by molar-refractivity contribution is -0.156. The van der Waals surface area contributed by atoms with Crippen LogP contribution < -0.4 is 9.80 Å². The van der Waals surface area contributed by atoms with Crippen molar-refractivity contribution in [1.29, 1.82) is 5.26 Å². The Labute approximate surface area is 242 Å². The second kappa shape index (κ2) is 9.69. The van der Waals surface area contributed by atoms with Gasteiger partial charge in [-0.15, -0.1) is 0 Å². The van der Waals surface area contributed by atoms with Crippen LogP contribution in [0.15, 0.2) is 30.3 Å². The molecule has 7 rings (SSSR count). The number of anilines is 3. The van der Waals surface area contributed by atoms with Crippen molar-refractivity contribution in [3.05, 3.63) is 47.0 Å². The third kappa shape index (κ3) is 4.27. The number of hydrogen-bond donors (Lipinski definition) is 2. The zero-order valence-electron chi connectivity index (χ0n) is 22.5. The topological polar surface area (TPSA) is 135 Å². The van der Waals surface area contributed by atoms with Crippen molar-refractivity contribution in [3.8, 4) is 17.3 Å². The molecule has 1 saturated carbocycles. The van der Waals surface area contributed by atoms with E-state index < -0.39 is 24.6 Å². The predicted molar refractivity (Wildman–Crippen MR) is 150 cm³/mol. The van der Waals surface area contributed by atoms with Crippen molar-refractivity contribution in [2.45, 2.75) is 25.0 Å². The minimum Gasteiger partial charge on any atom is -0.393 e. The van der Waals surface area contributed by atoms with Crippen molar-refractivity contribution >= 4 is 44.9 Å². The number of likely N-dealkylation sites (tertiary alicyclic amines) is 1. The van der Waals surface area contributed by atoms with Gasteiger partial charge in [-0.05, 0) is 43.2 Å². The Bertz CT molecular complexity index is 1750. The van der Waals surface area contributed by atoms with Gasteiger partial charge in [0.05, 0.1) is 23.7 Å². The minimum atomic E-state index is -1.42. The van der Waals surface area contributed by atoms with E-state index in [-0.39, 0.29) is 22.9 Å². The van der Waals surface area contributed by atoms with E-state index in [4.69, 9.17) is 10.1 Å². The Kier molecular flexibility index (Phi) is 6.16. The lowest BCUT2D eigenvalue weighted by Crippen LogP contribution is -2.74. The fraction of sp³-hybridized carbons (Fsp3) is 0.393. The molecular weight excluding hydrogens is 566 g/mol. The van der Waals surface area contributed by atoms with Crippen LogP contribution in [0.5, 0.6) is 0 Å². The van der Waals surface area contributed by atoms with Gasteiger partial charge in [-0.2, -0.15) is 19.7 Å². The molecule has 1 aromatic carbocycles. The van der Waals surface area contributed by atoms with Crippen molar-refractivity contribution < 1.29 is 23.8 Å². The van der Waals surface area contributed by atoms with Crippen LogP contribution in [0.4, 0.5) is 25.4 Å². The molecule has 3 aliphatic rings. The van der Waals surface area contributed by atoms with E-state index in [1.807, 2.05) is 21.5 Å². The number of pyridine rings is 1. The number of nitriles is 1. The Morgan fingerprint density at radius 2 is 1.93 bits per heavy atom. The largest absolute Gasteiger partial charge is 0.393 e. The number of fused-ring (bicyclic) bond motifs is 1. The van der Waals surface area contributed by atoms with Gasteiger partial charge in [0.15, 0.2) is 16.9 Å². The smallest absolute Gasteiger partial charge is 0.253 e. The summed E-state index contributed by atoms with van der Waals surface area (Å²) in [5.74, 6) is -0.814. The van der Waals surface area contributed by atoms with Crippen LogP contribution in [0.1, 0.15) is 23.8 Å². The molecule has 11 nitrogen and oxygen atoms in total. The monoisotopic (exact) mass is 592 g/mol. The molecule has 1 amide bonds. The number of carbonyl (C=O) groups is 1. The summed E-state index contributed by atoms with van der Waals surface area (Å²) in [6.07, 6.45) is 0.442. The lowest BCUT2D eigenvalue weighted by Gasteiger charge is -2.61. The molecule has 1 atom stereocenters.